The van der Waals surface area contributed by atoms with Crippen LogP contribution in [0.3, 0.4) is 0 Å². The summed E-state index contributed by atoms with van der Waals surface area (Å²) in [6.07, 6.45) is 0. The number of amidine groups is 1. The molecule has 1 aromatic carbocycles. The van der Waals surface area contributed by atoms with E-state index in [0.717, 1.165) is 0 Å². The summed E-state index contributed by atoms with van der Waals surface area (Å²) < 4.78 is 4.81. The first-order valence-electron chi connectivity index (χ1n) is 5.14. The van der Waals surface area contributed by atoms with E-state index in [4.69, 9.17) is 15.7 Å². The fraction of sp³-hybridized carbons (Fsp3) is 0.182. The lowest BCUT2D eigenvalue weighted by Gasteiger charge is -2.05. The topological polar surface area (TPSA) is 114 Å². The van der Waals surface area contributed by atoms with Crippen molar-refractivity contribution in [2.45, 2.75) is 6.92 Å². The van der Waals surface area contributed by atoms with Crippen LogP contribution in [0.2, 0.25) is 0 Å². The van der Waals surface area contributed by atoms with E-state index in [1.165, 1.54) is 24.3 Å². The molecular formula is C11H13N3O4. The summed E-state index contributed by atoms with van der Waals surface area (Å²) in [5, 5.41) is 13.2. The van der Waals surface area contributed by atoms with E-state index in [2.05, 4.69) is 10.5 Å². The van der Waals surface area contributed by atoms with E-state index in [1.54, 1.807) is 6.92 Å². The summed E-state index contributed by atoms with van der Waals surface area (Å²) in [6.45, 7) is 2.00. The Kier molecular flexibility index (Phi) is 4.67. The molecule has 1 aromatic rings. The number of hydrogen-bond donors (Lipinski definition) is 3. The molecule has 7 nitrogen and oxygen atoms in total. The van der Waals surface area contributed by atoms with Gasteiger partial charge in [0.2, 0.25) is 5.84 Å². The van der Waals surface area contributed by atoms with Crippen LogP contribution in [0, 0.1) is 0 Å². The normalized spacial score (nSPS) is 10.8. The van der Waals surface area contributed by atoms with Gasteiger partial charge in [0, 0.05) is 5.69 Å². The van der Waals surface area contributed by atoms with Crippen molar-refractivity contribution >= 4 is 23.4 Å². The standard InChI is InChI=1S/C11H13N3O4/c1-2-18-11(16)7-3-5-8(6-4-7)13-10(15)9(12)14-17/h3-6,17H,2H2,1H3,(H2,12,14)(H,13,15). The van der Waals surface area contributed by atoms with Crippen LogP contribution in [0.4, 0.5) is 5.69 Å². The van der Waals surface area contributed by atoms with Crippen molar-refractivity contribution in [1.82, 2.24) is 0 Å². The number of nitrogens with zero attached hydrogens (tertiary/aromatic N) is 1. The molecule has 0 unspecified atom stereocenters. The minimum Gasteiger partial charge on any atom is -0.462 e. The molecule has 18 heavy (non-hydrogen) atoms. The summed E-state index contributed by atoms with van der Waals surface area (Å²) in [7, 11) is 0. The number of hydrogen-bond acceptors (Lipinski definition) is 5. The minimum atomic E-state index is -0.735. The van der Waals surface area contributed by atoms with Crippen molar-refractivity contribution in [2.75, 3.05) is 11.9 Å². The lowest BCUT2D eigenvalue weighted by Crippen LogP contribution is -2.30. The number of esters is 1. The van der Waals surface area contributed by atoms with Crippen LogP contribution in [0.25, 0.3) is 0 Å². The molecule has 0 saturated carbocycles. The van der Waals surface area contributed by atoms with Crippen LogP contribution in [0.5, 0.6) is 0 Å². The number of nitrogens with two attached hydrogens (primary N) is 1. The van der Waals surface area contributed by atoms with Gasteiger partial charge in [0.15, 0.2) is 0 Å². The Balaban J connectivity index is 2.72. The lowest BCUT2D eigenvalue weighted by molar-refractivity contribution is -0.110. The molecule has 0 aliphatic carbocycles. The predicted molar refractivity (Wildman–Crippen MR) is 64.4 cm³/mol. The van der Waals surface area contributed by atoms with Crippen molar-refractivity contribution in [3.63, 3.8) is 0 Å². The maximum absolute atomic E-state index is 11.4. The quantitative estimate of drug-likeness (QED) is 0.238. The molecule has 7 heteroatoms. The highest BCUT2D eigenvalue weighted by Gasteiger charge is 2.09. The molecular weight excluding hydrogens is 238 g/mol. The average Bonchev–Trinajstić information content (AvgIpc) is 2.38. The summed E-state index contributed by atoms with van der Waals surface area (Å²) in [4.78, 5) is 22.6. The van der Waals surface area contributed by atoms with Crippen LogP contribution in [-0.2, 0) is 9.53 Å². The van der Waals surface area contributed by atoms with E-state index in [-0.39, 0.29) is 0 Å². The number of nitrogens with one attached hydrogen (secondary N) is 1. The molecule has 0 radical (unpaired) electrons. The van der Waals surface area contributed by atoms with E-state index < -0.39 is 17.7 Å². The molecule has 0 heterocycles. The second-order valence-electron chi connectivity index (χ2n) is 3.24. The van der Waals surface area contributed by atoms with Gasteiger partial charge in [-0.1, -0.05) is 5.16 Å². The third-order valence-corrected chi connectivity index (χ3v) is 1.99. The largest absolute Gasteiger partial charge is 0.462 e. The van der Waals surface area contributed by atoms with Crippen LogP contribution < -0.4 is 11.1 Å². The van der Waals surface area contributed by atoms with E-state index in [9.17, 15) is 9.59 Å². The number of carbonyl (C=O) groups excluding carboxylic acids is 2. The van der Waals surface area contributed by atoms with Crippen LogP contribution in [0.1, 0.15) is 17.3 Å². The van der Waals surface area contributed by atoms with Gasteiger partial charge in [-0.15, -0.1) is 0 Å². The highest BCUT2D eigenvalue weighted by atomic mass is 16.5. The van der Waals surface area contributed by atoms with Crippen molar-refractivity contribution in [1.29, 1.82) is 0 Å². The smallest absolute Gasteiger partial charge is 0.338 e. The molecule has 0 bridgehead atoms. The second-order valence-corrected chi connectivity index (χ2v) is 3.24. The van der Waals surface area contributed by atoms with Crippen LogP contribution >= 0.6 is 0 Å². The number of oxime groups is 1. The summed E-state index contributed by atoms with van der Waals surface area (Å²) in [5.74, 6) is -1.72. The van der Waals surface area contributed by atoms with Crippen LogP contribution in [0.15, 0.2) is 29.4 Å². The molecule has 0 spiro atoms. The molecule has 1 rings (SSSR count). The first-order chi connectivity index (χ1) is 8.58. The maximum atomic E-state index is 11.4. The third kappa shape index (κ3) is 3.48. The third-order valence-electron chi connectivity index (χ3n) is 1.99. The molecule has 96 valence electrons. The molecule has 0 saturated heterocycles. The minimum absolute atomic E-state index is 0.292. The van der Waals surface area contributed by atoms with Crippen molar-refractivity contribution in [3.05, 3.63) is 29.8 Å². The maximum Gasteiger partial charge on any atom is 0.338 e. The molecule has 4 N–H and O–H groups in total. The Morgan fingerprint density at radius 1 is 1.39 bits per heavy atom. The van der Waals surface area contributed by atoms with Crippen molar-refractivity contribution < 1.29 is 19.5 Å². The highest BCUT2D eigenvalue weighted by molar-refractivity contribution is 6.41. The Morgan fingerprint density at radius 3 is 2.50 bits per heavy atom. The van der Waals surface area contributed by atoms with Crippen LogP contribution in [-0.4, -0.2) is 29.5 Å². The van der Waals surface area contributed by atoms with E-state index >= 15 is 0 Å². The first-order valence-corrected chi connectivity index (χ1v) is 5.14. The highest BCUT2D eigenvalue weighted by Crippen LogP contribution is 2.10. The SMILES string of the molecule is CCOC(=O)c1ccc(NC(=O)/C(N)=N\O)cc1. The zero-order valence-electron chi connectivity index (χ0n) is 9.71. The molecule has 0 atom stereocenters. The number of rotatable bonds is 3. The van der Waals surface area contributed by atoms with E-state index in [0.29, 0.717) is 17.9 Å². The molecule has 0 aliphatic rings. The monoisotopic (exact) mass is 251 g/mol. The number of ether oxygens (including phenoxy) is 1. The Bertz CT molecular complexity index is 468. The van der Waals surface area contributed by atoms with Gasteiger partial charge < -0.3 is 21.0 Å². The van der Waals surface area contributed by atoms with Gasteiger partial charge in [0.25, 0.3) is 5.91 Å². The first kappa shape index (κ1) is 13.5. The van der Waals surface area contributed by atoms with Crippen molar-refractivity contribution in [3.8, 4) is 0 Å². The number of carbonyl (C=O) groups is 2. The second kappa shape index (κ2) is 6.24. The molecule has 0 aliphatic heterocycles. The molecule has 0 fully saturated rings. The van der Waals surface area contributed by atoms with Gasteiger partial charge in [-0.2, -0.15) is 0 Å². The van der Waals surface area contributed by atoms with Gasteiger partial charge in [0.1, 0.15) is 0 Å². The Morgan fingerprint density at radius 2 is 2.00 bits per heavy atom. The number of amides is 1. The molecule has 0 aromatic heterocycles. The van der Waals surface area contributed by atoms with Gasteiger partial charge in [-0.3, -0.25) is 4.79 Å². The zero-order valence-corrected chi connectivity index (χ0v) is 9.71. The zero-order chi connectivity index (χ0) is 13.5. The predicted octanol–water partition coefficient (Wildman–Crippen LogP) is 0.548. The fourth-order valence-electron chi connectivity index (χ4n) is 1.14. The lowest BCUT2D eigenvalue weighted by atomic mass is 10.2. The number of benzene rings is 1. The summed E-state index contributed by atoms with van der Waals surface area (Å²) >= 11 is 0. The fourth-order valence-corrected chi connectivity index (χ4v) is 1.14. The van der Waals surface area contributed by atoms with E-state index in [1.807, 2.05) is 0 Å². The van der Waals surface area contributed by atoms with Gasteiger partial charge in [-0.25, -0.2) is 4.79 Å². The number of anilines is 1. The van der Waals surface area contributed by atoms with Gasteiger partial charge in [0.05, 0.1) is 12.2 Å². The summed E-state index contributed by atoms with van der Waals surface area (Å²) in [5.41, 5.74) is 5.89. The average molecular weight is 251 g/mol. The Hall–Kier alpha value is -2.57. The molecule has 1 amide bonds. The Labute approximate surface area is 103 Å². The van der Waals surface area contributed by atoms with Crippen molar-refractivity contribution in [2.24, 2.45) is 10.9 Å². The van der Waals surface area contributed by atoms with Gasteiger partial charge >= 0.3 is 5.97 Å². The summed E-state index contributed by atoms with van der Waals surface area (Å²) in [6, 6.07) is 6.02. The van der Waals surface area contributed by atoms with Gasteiger partial charge in [-0.05, 0) is 31.2 Å².